The number of nitrogen functional groups attached to an aromatic ring is 1. The van der Waals surface area contributed by atoms with Crippen LogP contribution in [0.15, 0.2) is 6.33 Å². The number of nitrogens with zero attached hydrogens (tertiary/aromatic N) is 3. The lowest BCUT2D eigenvalue weighted by atomic mass is 10.2. The Bertz CT molecular complexity index is 449. The summed E-state index contributed by atoms with van der Waals surface area (Å²) in [6.45, 7) is 2.71. The van der Waals surface area contributed by atoms with E-state index in [4.69, 9.17) is 5.84 Å². The van der Waals surface area contributed by atoms with E-state index in [1.54, 1.807) is 7.05 Å². The minimum atomic E-state index is -0.158. The molecule has 18 heavy (non-hydrogen) atoms. The predicted octanol–water partition coefficient (Wildman–Crippen LogP) is -0.215. The molecule has 1 saturated heterocycles. The van der Waals surface area contributed by atoms with Gasteiger partial charge in [0.2, 0.25) is 5.91 Å². The van der Waals surface area contributed by atoms with Gasteiger partial charge in [-0.3, -0.25) is 4.79 Å². The van der Waals surface area contributed by atoms with Crippen molar-refractivity contribution in [2.45, 2.75) is 25.8 Å². The summed E-state index contributed by atoms with van der Waals surface area (Å²) < 4.78 is 0. The minimum absolute atomic E-state index is 0.0211. The molecule has 0 bridgehead atoms. The number of likely N-dealkylation sites (N-methyl/N-ethyl adjacent to an activating group) is 1. The number of nitrogens with one attached hydrogen (secondary N) is 2. The summed E-state index contributed by atoms with van der Waals surface area (Å²) in [5, 5.41) is 2.69. The molecule has 0 aliphatic carbocycles. The number of anilines is 2. The molecule has 1 fully saturated rings. The molecular formula is C11H18N6O. The van der Waals surface area contributed by atoms with Crippen molar-refractivity contribution in [1.82, 2.24) is 15.3 Å². The number of carbonyl (C=O) groups excluding carboxylic acids is 1. The topological polar surface area (TPSA) is 96.2 Å². The fourth-order valence-electron chi connectivity index (χ4n) is 2.34. The van der Waals surface area contributed by atoms with Crippen molar-refractivity contribution in [1.29, 1.82) is 0 Å². The fourth-order valence-corrected chi connectivity index (χ4v) is 2.34. The summed E-state index contributed by atoms with van der Waals surface area (Å²) in [5.74, 6) is 6.78. The Morgan fingerprint density at radius 1 is 1.56 bits per heavy atom. The van der Waals surface area contributed by atoms with Crippen molar-refractivity contribution in [3.05, 3.63) is 11.9 Å². The second kappa shape index (κ2) is 5.18. The molecule has 0 aromatic carbocycles. The van der Waals surface area contributed by atoms with Crippen molar-refractivity contribution in [3.8, 4) is 0 Å². The van der Waals surface area contributed by atoms with Crippen LogP contribution in [0, 0.1) is 6.92 Å². The van der Waals surface area contributed by atoms with Crippen LogP contribution >= 0.6 is 0 Å². The van der Waals surface area contributed by atoms with Crippen LogP contribution in [0.5, 0.6) is 0 Å². The maximum atomic E-state index is 11.8. The van der Waals surface area contributed by atoms with Crippen LogP contribution in [0.2, 0.25) is 0 Å². The second-order valence-corrected chi connectivity index (χ2v) is 4.28. The summed E-state index contributed by atoms with van der Waals surface area (Å²) >= 11 is 0. The van der Waals surface area contributed by atoms with Gasteiger partial charge in [0.1, 0.15) is 24.0 Å². The molecule has 1 atom stereocenters. The highest BCUT2D eigenvalue weighted by atomic mass is 16.2. The van der Waals surface area contributed by atoms with E-state index in [-0.39, 0.29) is 11.9 Å². The van der Waals surface area contributed by atoms with Gasteiger partial charge in [0.15, 0.2) is 0 Å². The molecule has 1 aromatic rings. The molecule has 4 N–H and O–H groups in total. The van der Waals surface area contributed by atoms with Crippen LogP contribution < -0.4 is 21.5 Å². The third-order valence-corrected chi connectivity index (χ3v) is 3.27. The van der Waals surface area contributed by atoms with E-state index >= 15 is 0 Å². The Morgan fingerprint density at radius 2 is 2.33 bits per heavy atom. The first-order chi connectivity index (χ1) is 8.69. The Kier molecular flexibility index (Phi) is 3.61. The molecule has 1 aliphatic rings. The van der Waals surface area contributed by atoms with Crippen molar-refractivity contribution >= 4 is 17.5 Å². The Morgan fingerprint density at radius 3 is 3.00 bits per heavy atom. The van der Waals surface area contributed by atoms with Gasteiger partial charge in [-0.15, -0.1) is 0 Å². The minimum Gasteiger partial charge on any atom is -0.357 e. The molecule has 0 radical (unpaired) electrons. The predicted molar refractivity (Wildman–Crippen MR) is 69.0 cm³/mol. The van der Waals surface area contributed by atoms with Crippen molar-refractivity contribution in [2.75, 3.05) is 23.9 Å². The molecule has 2 heterocycles. The van der Waals surface area contributed by atoms with Crippen LogP contribution in [0.1, 0.15) is 18.4 Å². The highest BCUT2D eigenvalue weighted by Crippen LogP contribution is 2.28. The summed E-state index contributed by atoms with van der Waals surface area (Å²) in [6, 6.07) is -0.158. The summed E-state index contributed by atoms with van der Waals surface area (Å²) in [5.41, 5.74) is 3.40. The zero-order valence-corrected chi connectivity index (χ0v) is 10.6. The highest BCUT2D eigenvalue weighted by molar-refractivity contribution is 5.85. The maximum Gasteiger partial charge on any atom is 0.242 e. The number of rotatable bonds is 3. The smallest absolute Gasteiger partial charge is 0.242 e. The molecule has 1 unspecified atom stereocenters. The molecule has 2 rings (SSSR count). The molecule has 7 heteroatoms. The van der Waals surface area contributed by atoms with Gasteiger partial charge in [0.25, 0.3) is 0 Å². The van der Waals surface area contributed by atoms with Crippen molar-refractivity contribution in [2.24, 2.45) is 5.84 Å². The number of hydrogen-bond acceptors (Lipinski definition) is 6. The van der Waals surface area contributed by atoms with Crippen molar-refractivity contribution in [3.63, 3.8) is 0 Å². The number of hydrogen-bond donors (Lipinski definition) is 3. The van der Waals surface area contributed by atoms with Gasteiger partial charge in [-0.25, -0.2) is 15.8 Å². The molecule has 1 amide bonds. The van der Waals surface area contributed by atoms with E-state index in [0.29, 0.717) is 5.82 Å². The number of aromatic nitrogens is 2. The van der Waals surface area contributed by atoms with Gasteiger partial charge in [0, 0.05) is 19.2 Å². The number of carbonyl (C=O) groups is 1. The average molecular weight is 250 g/mol. The van der Waals surface area contributed by atoms with Crippen LogP contribution in [-0.2, 0) is 4.79 Å². The molecule has 98 valence electrons. The number of hydrazine groups is 1. The largest absolute Gasteiger partial charge is 0.357 e. The van der Waals surface area contributed by atoms with Crippen LogP contribution in [0.4, 0.5) is 11.6 Å². The Balaban J connectivity index is 2.33. The van der Waals surface area contributed by atoms with Gasteiger partial charge in [0.05, 0.1) is 0 Å². The second-order valence-electron chi connectivity index (χ2n) is 4.28. The maximum absolute atomic E-state index is 11.8. The van der Waals surface area contributed by atoms with Gasteiger partial charge in [-0.1, -0.05) is 0 Å². The fraction of sp³-hybridized carbons (Fsp3) is 0.545. The molecule has 7 nitrogen and oxygen atoms in total. The van der Waals surface area contributed by atoms with E-state index in [0.717, 1.165) is 30.8 Å². The molecular weight excluding hydrogens is 232 g/mol. The van der Waals surface area contributed by atoms with Crippen molar-refractivity contribution < 1.29 is 4.79 Å². The van der Waals surface area contributed by atoms with Crippen LogP contribution in [0.25, 0.3) is 0 Å². The third-order valence-electron chi connectivity index (χ3n) is 3.27. The van der Waals surface area contributed by atoms with E-state index in [2.05, 4.69) is 20.7 Å². The molecule has 0 spiro atoms. The summed E-state index contributed by atoms with van der Waals surface area (Å²) in [7, 11) is 1.65. The third kappa shape index (κ3) is 2.08. The first-order valence-corrected chi connectivity index (χ1v) is 5.95. The monoisotopic (exact) mass is 250 g/mol. The lowest BCUT2D eigenvalue weighted by Gasteiger charge is -2.26. The van der Waals surface area contributed by atoms with Gasteiger partial charge in [-0.05, 0) is 19.8 Å². The lowest BCUT2D eigenvalue weighted by Crippen LogP contribution is -2.42. The van der Waals surface area contributed by atoms with E-state index in [1.165, 1.54) is 6.33 Å². The Hall–Kier alpha value is -1.89. The molecule has 1 aromatic heterocycles. The van der Waals surface area contributed by atoms with Crippen LogP contribution in [-0.4, -0.2) is 35.5 Å². The number of nitrogens with two attached hydrogens (primary N) is 1. The normalized spacial score (nSPS) is 18.8. The quantitative estimate of drug-likeness (QED) is 0.507. The SMILES string of the molecule is CNC(=O)C1CCCN1c1ncnc(NN)c1C. The van der Waals surface area contributed by atoms with E-state index < -0.39 is 0 Å². The zero-order chi connectivity index (χ0) is 13.1. The van der Waals surface area contributed by atoms with Gasteiger partial charge < -0.3 is 15.6 Å². The van der Waals surface area contributed by atoms with Gasteiger partial charge >= 0.3 is 0 Å². The van der Waals surface area contributed by atoms with Gasteiger partial charge in [-0.2, -0.15) is 0 Å². The zero-order valence-electron chi connectivity index (χ0n) is 10.6. The first kappa shape index (κ1) is 12.6. The summed E-state index contributed by atoms with van der Waals surface area (Å²) in [6.07, 6.45) is 3.28. The van der Waals surface area contributed by atoms with Crippen LogP contribution in [0.3, 0.4) is 0 Å². The lowest BCUT2D eigenvalue weighted by molar-refractivity contribution is -0.121. The standard InChI is InChI=1S/C11H18N6O/c1-7-9(16-12)14-6-15-10(7)17-5-3-4-8(17)11(18)13-2/h6,8H,3-5,12H2,1-2H3,(H,13,18)(H,14,15,16). The molecule has 1 aliphatic heterocycles. The number of amides is 1. The highest BCUT2D eigenvalue weighted by Gasteiger charge is 2.32. The first-order valence-electron chi connectivity index (χ1n) is 5.95. The summed E-state index contributed by atoms with van der Waals surface area (Å²) in [4.78, 5) is 22.2. The molecule has 0 saturated carbocycles. The Labute approximate surface area is 106 Å². The average Bonchev–Trinajstić information content (AvgIpc) is 2.87. The van der Waals surface area contributed by atoms with E-state index in [9.17, 15) is 4.79 Å². The van der Waals surface area contributed by atoms with E-state index in [1.807, 2.05) is 11.8 Å².